The molecule has 2 N–H and O–H groups in total. The van der Waals surface area contributed by atoms with Gasteiger partial charge in [0.15, 0.2) is 4.90 Å². The minimum Gasteiger partial charge on any atom is -0.467 e. The number of nitrogens with zero attached hydrogens (tertiary/aromatic N) is 2. The minimum absolute atomic E-state index is 0.129. The van der Waals surface area contributed by atoms with Crippen LogP contribution in [0.25, 0.3) is 0 Å². The zero-order valence-corrected chi connectivity index (χ0v) is 20.6. The smallest absolute Gasteiger partial charge is 0.289 e. The third kappa shape index (κ3) is 5.87. The van der Waals surface area contributed by atoms with Gasteiger partial charge in [-0.1, -0.05) is 42.5 Å². The van der Waals surface area contributed by atoms with Gasteiger partial charge < -0.3 is 15.1 Å². The van der Waals surface area contributed by atoms with Gasteiger partial charge in [-0.15, -0.1) is 0 Å². The lowest BCUT2D eigenvalue weighted by Gasteiger charge is -2.24. The minimum atomic E-state index is -4.54. The van der Waals surface area contributed by atoms with Gasteiger partial charge in [0.1, 0.15) is 12.3 Å². The van der Waals surface area contributed by atoms with Crippen molar-refractivity contribution in [2.45, 2.75) is 11.4 Å². The van der Waals surface area contributed by atoms with Crippen LogP contribution in [0.1, 0.15) is 16.1 Å². The number of nitrogens with one attached hydrogen (secondary N) is 2. The Balaban J connectivity index is 1.60. The number of carbonyl (C=O) groups excluding carboxylic acids is 2. The Bertz CT molecular complexity index is 1560. The highest BCUT2D eigenvalue weighted by molar-refractivity contribution is 7.93. The van der Waals surface area contributed by atoms with E-state index in [2.05, 4.69) is 10.6 Å². The molecule has 4 aromatic rings. The fraction of sp³-hybridized carbons (Fsp3) is 0.0769. The molecule has 0 bridgehead atoms. The van der Waals surface area contributed by atoms with Gasteiger partial charge in [0.2, 0.25) is 5.91 Å². The lowest BCUT2D eigenvalue weighted by Crippen LogP contribution is -2.38. The van der Waals surface area contributed by atoms with Crippen molar-refractivity contribution in [2.75, 3.05) is 16.2 Å². The zero-order chi connectivity index (χ0) is 27.1. The van der Waals surface area contributed by atoms with Gasteiger partial charge in [-0.2, -0.15) is 0 Å². The summed E-state index contributed by atoms with van der Waals surface area (Å²) in [6.07, 6.45) is 1.48. The van der Waals surface area contributed by atoms with Crippen LogP contribution in [-0.4, -0.2) is 31.7 Å². The Labute approximate surface area is 217 Å². The molecule has 1 heterocycles. The molecule has 38 heavy (non-hydrogen) atoms. The molecular formula is C26H22N4O7S. The van der Waals surface area contributed by atoms with Crippen molar-refractivity contribution in [3.05, 3.63) is 119 Å². The molecule has 0 unspecified atom stereocenters. The lowest BCUT2D eigenvalue weighted by molar-refractivity contribution is -0.387. The molecule has 4 rings (SSSR count). The largest absolute Gasteiger partial charge is 0.467 e. The van der Waals surface area contributed by atoms with E-state index in [1.165, 1.54) is 42.7 Å². The number of furan rings is 1. The summed E-state index contributed by atoms with van der Waals surface area (Å²) in [5, 5.41) is 16.8. The van der Waals surface area contributed by atoms with E-state index in [4.69, 9.17) is 4.42 Å². The van der Waals surface area contributed by atoms with Crippen LogP contribution in [0.2, 0.25) is 0 Å². The number of carbonyl (C=O) groups is 2. The third-order valence-electron chi connectivity index (χ3n) is 5.41. The Morgan fingerprint density at radius 1 is 0.895 bits per heavy atom. The standard InChI is InChI=1S/C26H22N4O7S/c31-25(28-22-13-5-4-12-21(22)26(32)27-17-20-11-8-16-37-20)18-29(19-9-2-1-3-10-19)38(35,36)24-15-7-6-14-23(24)30(33)34/h1-16H,17-18H2,(H,27,32)(H,28,31). The van der Waals surface area contributed by atoms with Crippen LogP contribution in [0.5, 0.6) is 0 Å². The van der Waals surface area contributed by atoms with Crippen molar-refractivity contribution in [3.63, 3.8) is 0 Å². The van der Waals surface area contributed by atoms with Crippen molar-refractivity contribution < 1.29 is 27.3 Å². The predicted octanol–water partition coefficient (Wildman–Crippen LogP) is 3.95. The molecule has 0 saturated heterocycles. The molecule has 11 nitrogen and oxygen atoms in total. The number of hydrogen-bond acceptors (Lipinski definition) is 7. The van der Waals surface area contributed by atoms with E-state index >= 15 is 0 Å². The first-order chi connectivity index (χ1) is 18.3. The first-order valence-corrected chi connectivity index (χ1v) is 12.7. The van der Waals surface area contributed by atoms with Crippen LogP contribution < -0.4 is 14.9 Å². The number of sulfonamides is 1. The van der Waals surface area contributed by atoms with Crippen LogP contribution in [0, 0.1) is 10.1 Å². The molecular weight excluding hydrogens is 512 g/mol. The molecule has 12 heteroatoms. The monoisotopic (exact) mass is 534 g/mol. The SMILES string of the molecule is O=C(CN(c1ccccc1)S(=O)(=O)c1ccccc1[N+](=O)[O-])Nc1ccccc1C(=O)NCc1ccco1. The average molecular weight is 535 g/mol. The summed E-state index contributed by atoms with van der Waals surface area (Å²) in [5.74, 6) is -0.703. The van der Waals surface area contributed by atoms with E-state index in [1.807, 2.05) is 0 Å². The van der Waals surface area contributed by atoms with Crippen LogP contribution >= 0.6 is 0 Å². The van der Waals surface area contributed by atoms with Crippen molar-refractivity contribution in [1.29, 1.82) is 0 Å². The number of nitro benzene ring substituents is 1. The van der Waals surface area contributed by atoms with Gasteiger partial charge in [-0.25, -0.2) is 8.42 Å². The van der Waals surface area contributed by atoms with E-state index in [1.54, 1.807) is 42.5 Å². The maximum absolute atomic E-state index is 13.6. The number of para-hydroxylation sites is 3. The predicted molar refractivity (Wildman–Crippen MR) is 139 cm³/mol. The number of rotatable bonds is 10. The van der Waals surface area contributed by atoms with Gasteiger partial charge >= 0.3 is 0 Å². The number of hydrogen-bond donors (Lipinski definition) is 2. The third-order valence-corrected chi connectivity index (χ3v) is 7.23. The van der Waals surface area contributed by atoms with Gasteiger partial charge in [-0.3, -0.25) is 24.0 Å². The molecule has 0 aliphatic rings. The highest BCUT2D eigenvalue weighted by Gasteiger charge is 2.33. The number of benzene rings is 3. The summed E-state index contributed by atoms with van der Waals surface area (Å²) in [7, 11) is -4.54. The Morgan fingerprint density at radius 3 is 2.29 bits per heavy atom. The summed E-state index contributed by atoms with van der Waals surface area (Å²) in [4.78, 5) is 36.0. The molecule has 0 aliphatic heterocycles. The zero-order valence-electron chi connectivity index (χ0n) is 19.8. The molecule has 0 aliphatic carbocycles. The second kappa shape index (κ2) is 11.4. The first-order valence-electron chi connectivity index (χ1n) is 11.3. The summed E-state index contributed by atoms with van der Waals surface area (Å²) in [6, 6.07) is 22.3. The van der Waals surface area contributed by atoms with Crippen molar-refractivity contribution in [1.82, 2.24) is 5.32 Å². The topological polar surface area (TPSA) is 152 Å². The summed E-state index contributed by atoms with van der Waals surface area (Å²) < 4.78 is 33.2. The summed E-state index contributed by atoms with van der Waals surface area (Å²) in [5.41, 5.74) is -0.177. The molecule has 0 spiro atoms. The Morgan fingerprint density at radius 2 is 1.58 bits per heavy atom. The number of nitro groups is 1. The van der Waals surface area contributed by atoms with Crippen molar-refractivity contribution in [2.24, 2.45) is 0 Å². The van der Waals surface area contributed by atoms with E-state index in [0.29, 0.717) is 5.76 Å². The van der Waals surface area contributed by atoms with Crippen LogP contribution in [0.3, 0.4) is 0 Å². The summed E-state index contributed by atoms with van der Waals surface area (Å²) in [6.45, 7) is -0.579. The van der Waals surface area contributed by atoms with Crippen LogP contribution in [0.4, 0.5) is 17.1 Å². The quantitative estimate of drug-likeness (QED) is 0.231. The average Bonchev–Trinajstić information content (AvgIpc) is 3.45. The fourth-order valence-electron chi connectivity index (χ4n) is 3.64. The first kappa shape index (κ1) is 26.1. The molecule has 0 fully saturated rings. The van der Waals surface area contributed by atoms with Crippen LogP contribution in [-0.2, 0) is 21.4 Å². The summed E-state index contributed by atoms with van der Waals surface area (Å²) >= 11 is 0. The number of anilines is 2. The van der Waals surface area contributed by atoms with E-state index in [0.717, 1.165) is 16.4 Å². The lowest BCUT2D eigenvalue weighted by atomic mass is 10.1. The molecule has 0 atom stereocenters. The second-order valence-electron chi connectivity index (χ2n) is 7.93. The van der Waals surface area contributed by atoms with Gasteiger partial charge in [0.05, 0.1) is 34.7 Å². The van der Waals surface area contributed by atoms with Crippen molar-refractivity contribution >= 4 is 38.9 Å². The molecule has 194 valence electrons. The maximum Gasteiger partial charge on any atom is 0.289 e. The molecule has 0 saturated carbocycles. The molecule has 0 radical (unpaired) electrons. The molecule has 1 aromatic heterocycles. The molecule has 3 aromatic carbocycles. The van der Waals surface area contributed by atoms with Gasteiger partial charge in [0.25, 0.3) is 21.6 Å². The fourth-order valence-corrected chi connectivity index (χ4v) is 5.22. The Hall–Kier alpha value is -4.97. The highest BCUT2D eigenvalue weighted by atomic mass is 32.2. The number of amides is 2. The van der Waals surface area contributed by atoms with Crippen LogP contribution in [0.15, 0.2) is 107 Å². The highest BCUT2D eigenvalue weighted by Crippen LogP contribution is 2.29. The van der Waals surface area contributed by atoms with Gasteiger partial charge in [-0.05, 0) is 42.5 Å². The van der Waals surface area contributed by atoms with Gasteiger partial charge in [0, 0.05) is 6.07 Å². The van der Waals surface area contributed by atoms with Crippen molar-refractivity contribution in [3.8, 4) is 0 Å². The van der Waals surface area contributed by atoms with E-state index < -0.39 is 43.9 Å². The van der Waals surface area contributed by atoms with E-state index in [-0.39, 0.29) is 23.5 Å². The Kier molecular flexibility index (Phi) is 7.83. The van der Waals surface area contributed by atoms with E-state index in [9.17, 15) is 28.1 Å². The molecule has 2 amide bonds. The normalized spacial score (nSPS) is 10.9. The maximum atomic E-state index is 13.6. The second-order valence-corrected chi connectivity index (χ2v) is 9.76.